The molecule has 5 heteroatoms. The summed E-state index contributed by atoms with van der Waals surface area (Å²) in [6, 6.07) is 12.8. The summed E-state index contributed by atoms with van der Waals surface area (Å²) in [5.74, 6) is 2.10. The van der Waals surface area contributed by atoms with Gasteiger partial charge in [-0.2, -0.15) is 0 Å². The molecule has 0 unspecified atom stereocenters. The number of hydrogen-bond donors (Lipinski definition) is 1. The van der Waals surface area contributed by atoms with E-state index in [2.05, 4.69) is 5.32 Å². The Morgan fingerprint density at radius 3 is 2.96 bits per heavy atom. The lowest BCUT2D eigenvalue weighted by Crippen LogP contribution is -2.06. The quantitative estimate of drug-likeness (QED) is 0.656. The second kappa shape index (κ2) is 6.87. The molecule has 0 aromatic heterocycles. The Morgan fingerprint density at radius 2 is 2.09 bits per heavy atom. The van der Waals surface area contributed by atoms with Gasteiger partial charge in [0.05, 0.1) is 7.11 Å². The number of carbonyl (C=O) groups is 1. The Hall–Kier alpha value is -2.95. The predicted octanol–water partition coefficient (Wildman–Crippen LogP) is 2.91. The van der Waals surface area contributed by atoms with Crippen LogP contribution < -0.4 is 19.5 Å². The number of methoxy groups -OCH3 is 1. The van der Waals surface area contributed by atoms with Gasteiger partial charge in [-0.1, -0.05) is 18.2 Å². The average Bonchev–Trinajstić information content (AvgIpc) is 3.06. The topological polar surface area (TPSA) is 56.8 Å². The van der Waals surface area contributed by atoms with E-state index in [1.807, 2.05) is 18.2 Å². The summed E-state index contributed by atoms with van der Waals surface area (Å²) in [5, 5.41) is 3.09. The van der Waals surface area contributed by atoms with Gasteiger partial charge >= 0.3 is 0 Å². The van der Waals surface area contributed by atoms with E-state index in [4.69, 9.17) is 14.2 Å². The number of rotatable bonds is 6. The predicted molar refractivity (Wildman–Crippen MR) is 85.9 cm³/mol. The maximum absolute atomic E-state index is 12.1. The molecule has 1 heterocycles. The second-order valence-corrected chi connectivity index (χ2v) is 5.00. The van der Waals surface area contributed by atoms with Gasteiger partial charge in [0.15, 0.2) is 17.3 Å². The molecular formula is C18H17NO4. The van der Waals surface area contributed by atoms with Crippen molar-refractivity contribution in [3.63, 3.8) is 0 Å². The molecule has 1 N–H and O–H groups in total. The zero-order valence-corrected chi connectivity index (χ0v) is 12.7. The van der Waals surface area contributed by atoms with Gasteiger partial charge in [0.2, 0.25) is 6.79 Å². The van der Waals surface area contributed by atoms with Crippen molar-refractivity contribution in [2.75, 3.05) is 13.9 Å². The molecule has 0 radical (unpaired) electrons. The van der Waals surface area contributed by atoms with Crippen LogP contribution in [0.2, 0.25) is 0 Å². The highest BCUT2D eigenvalue weighted by Gasteiger charge is 2.12. The number of ether oxygens (including phenoxy) is 3. The third kappa shape index (κ3) is 3.63. The monoisotopic (exact) mass is 311 g/mol. The number of fused-ring (bicyclic) bond motifs is 1. The largest absolute Gasteiger partial charge is 0.497 e. The smallest absolute Gasteiger partial charge is 0.231 e. The van der Waals surface area contributed by atoms with Crippen molar-refractivity contribution in [3.05, 3.63) is 65.9 Å². The van der Waals surface area contributed by atoms with E-state index in [0.29, 0.717) is 17.9 Å². The Bertz CT molecular complexity index is 740. The molecule has 0 aliphatic carbocycles. The third-order valence-electron chi connectivity index (χ3n) is 3.45. The summed E-state index contributed by atoms with van der Waals surface area (Å²) in [5.41, 5.74) is 1.64. The van der Waals surface area contributed by atoms with Crippen molar-refractivity contribution in [1.29, 1.82) is 0 Å². The highest BCUT2D eigenvalue weighted by Crippen LogP contribution is 2.32. The normalized spacial score (nSPS) is 12.4. The molecule has 118 valence electrons. The van der Waals surface area contributed by atoms with Gasteiger partial charge in [-0.25, -0.2) is 0 Å². The highest BCUT2D eigenvalue weighted by atomic mass is 16.7. The first kappa shape index (κ1) is 15.0. The van der Waals surface area contributed by atoms with Gasteiger partial charge in [0.1, 0.15) is 5.75 Å². The second-order valence-electron chi connectivity index (χ2n) is 5.00. The SMILES string of the molecule is COc1cccc(C(=O)/C=C/NCc2ccc3c(c2)OCO3)c1. The third-order valence-corrected chi connectivity index (χ3v) is 3.45. The standard InChI is InChI=1S/C18H17NO4/c1-21-15-4-2-3-14(10-15)16(20)7-8-19-11-13-5-6-17-18(9-13)23-12-22-17/h2-10,19H,11-12H2,1H3/b8-7+. The number of ketones is 1. The Kier molecular flexibility index (Phi) is 4.47. The first-order valence-electron chi connectivity index (χ1n) is 7.23. The van der Waals surface area contributed by atoms with Crippen LogP contribution in [0.3, 0.4) is 0 Å². The number of carbonyl (C=O) groups excluding carboxylic acids is 1. The van der Waals surface area contributed by atoms with E-state index in [1.54, 1.807) is 37.6 Å². The van der Waals surface area contributed by atoms with Gasteiger partial charge in [-0.15, -0.1) is 0 Å². The van der Waals surface area contributed by atoms with Crippen LogP contribution in [0.25, 0.3) is 0 Å². The average molecular weight is 311 g/mol. The van der Waals surface area contributed by atoms with Gasteiger partial charge in [-0.05, 0) is 29.8 Å². The minimum Gasteiger partial charge on any atom is -0.497 e. The van der Waals surface area contributed by atoms with Crippen LogP contribution in [0.4, 0.5) is 0 Å². The van der Waals surface area contributed by atoms with Gasteiger partial charge in [-0.3, -0.25) is 4.79 Å². The lowest BCUT2D eigenvalue weighted by atomic mass is 10.1. The van der Waals surface area contributed by atoms with Crippen molar-refractivity contribution in [2.24, 2.45) is 0 Å². The summed E-state index contributed by atoms with van der Waals surface area (Å²) < 4.78 is 15.7. The molecule has 0 bridgehead atoms. The fourth-order valence-corrected chi connectivity index (χ4v) is 2.23. The van der Waals surface area contributed by atoms with Crippen LogP contribution in [-0.2, 0) is 6.54 Å². The first-order valence-corrected chi connectivity index (χ1v) is 7.23. The number of hydrogen-bond acceptors (Lipinski definition) is 5. The van der Waals surface area contributed by atoms with E-state index in [-0.39, 0.29) is 12.6 Å². The Balaban J connectivity index is 1.55. The summed E-state index contributed by atoms with van der Waals surface area (Å²) >= 11 is 0. The summed E-state index contributed by atoms with van der Waals surface area (Å²) in [6.45, 7) is 0.861. The van der Waals surface area contributed by atoms with Crippen LogP contribution in [-0.4, -0.2) is 19.7 Å². The molecule has 5 nitrogen and oxygen atoms in total. The van der Waals surface area contributed by atoms with Crippen molar-refractivity contribution >= 4 is 5.78 Å². The molecule has 0 atom stereocenters. The zero-order valence-electron chi connectivity index (χ0n) is 12.7. The molecule has 2 aromatic rings. The molecule has 0 spiro atoms. The summed E-state index contributed by atoms with van der Waals surface area (Å²) in [6.07, 6.45) is 3.15. The number of benzene rings is 2. The highest BCUT2D eigenvalue weighted by molar-refractivity contribution is 6.04. The van der Waals surface area contributed by atoms with Gasteiger partial charge < -0.3 is 19.5 Å². The van der Waals surface area contributed by atoms with Crippen molar-refractivity contribution in [2.45, 2.75) is 6.54 Å². The molecule has 0 amide bonds. The first-order chi connectivity index (χ1) is 11.3. The molecule has 0 saturated carbocycles. The molecular weight excluding hydrogens is 294 g/mol. The maximum Gasteiger partial charge on any atom is 0.231 e. The molecule has 0 saturated heterocycles. The summed E-state index contributed by atoms with van der Waals surface area (Å²) in [4.78, 5) is 12.1. The molecule has 1 aliphatic heterocycles. The van der Waals surface area contributed by atoms with E-state index >= 15 is 0 Å². The van der Waals surface area contributed by atoms with E-state index in [9.17, 15) is 4.79 Å². The molecule has 3 rings (SSSR count). The lowest BCUT2D eigenvalue weighted by molar-refractivity contribution is 0.104. The van der Waals surface area contributed by atoms with Crippen LogP contribution in [0.15, 0.2) is 54.7 Å². The van der Waals surface area contributed by atoms with Crippen LogP contribution >= 0.6 is 0 Å². The van der Waals surface area contributed by atoms with Gasteiger partial charge in [0.25, 0.3) is 0 Å². The molecule has 1 aliphatic rings. The van der Waals surface area contributed by atoms with E-state index < -0.39 is 0 Å². The minimum absolute atomic E-state index is 0.0814. The van der Waals surface area contributed by atoms with Crippen molar-refractivity contribution in [3.8, 4) is 17.2 Å². The fraction of sp³-hybridized carbons (Fsp3) is 0.167. The molecule has 2 aromatic carbocycles. The van der Waals surface area contributed by atoms with Crippen molar-refractivity contribution in [1.82, 2.24) is 5.32 Å². The summed E-state index contributed by atoms with van der Waals surface area (Å²) in [7, 11) is 1.58. The van der Waals surface area contributed by atoms with Crippen LogP contribution in [0.5, 0.6) is 17.2 Å². The molecule has 0 fully saturated rings. The zero-order chi connectivity index (χ0) is 16.1. The van der Waals surface area contributed by atoms with Crippen LogP contribution in [0, 0.1) is 0 Å². The fourth-order valence-electron chi connectivity index (χ4n) is 2.23. The van der Waals surface area contributed by atoms with Crippen molar-refractivity contribution < 1.29 is 19.0 Å². The maximum atomic E-state index is 12.1. The van der Waals surface area contributed by atoms with E-state index in [1.165, 1.54) is 6.08 Å². The van der Waals surface area contributed by atoms with E-state index in [0.717, 1.165) is 17.1 Å². The molecule has 23 heavy (non-hydrogen) atoms. The Morgan fingerprint density at radius 1 is 1.22 bits per heavy atom. The number of allylic oxidation sites excluding steroid dienone is 1. The van der Waals surface area contributed by atoms with Gasteiger partial charge in [0, 0.05) is 24.4 Å². The lowest BCUT2D eigenvalue weighted by Gasteiger charge is -2.03. The minimum atomic E-state index is -0.0814. The van der Waals surface area contributed by atoms with Crippen LogP contribution in [0.1, 0.15) is 15.9 Å². The Labute approximate surface area is 134 Å². The number of nitrogens with one attached hydrogen (secondary N) is 1.